The first-order chi connectivity index (χ1) is 10.8. The van der Waals surface area contributed by atoms with Crippen molar-refractivity contribution >= 4 is 5.71 Å². The molecule has 1 atom stereocenters. The molecule has 0 amide bonds. The summed E-state index contributed by atoms with van der Waals surface area (Å²) in [6.07, 6.45) is 3.78. The maximum Gasteiger partial charge on any atom is 0.174 e. The lowest BCUT2D eigenvalue weighted by molar-refractivity contribution is 0.0935. The molecule has 22 heavy (non-hydrogen) atoms. The van der Waals surface area contributed by atoms with Crippen molar-refractivity contribution in [1.82, 2.24) is 4.90 Å². The Morgan fingerprint density at radius 1 is 1.23 bits per heavy atom. The Balaban J connectivity index is 1.44. The number of oxime groups is 1. The number of benzene rings is 1. The molecule has 3 rings (SSSR count). The van der Waals surface area contributed by atoms with Crippen molar-refractivity contribution in [2.75, 3.05) is 32.8 Å². The second-order valence-electron chi connectivity index (χ2n) is 5.83. The summed E-state index contributed by atoms with van der Waals surface area (Å²) >= 11 is 0. The van der Waals surface area contributed by atoms with E-state index in [-0.39, 0.29) is 6.10 Å². The lowest BCUT2D eigenvalue weighted by atomic mass is 10.1. The molecule has 2 aliphatic rings. The fourth-order valence-electron chi connectivity index (χ4n) is 2.78. The first-order valence-electron chi connectivity index (χ1n) is 8.10. The summed E-state index contributed by atoms with van der Waals surface area (Å²) in [5, 5.41) is 4.19. The van der Waals surface area contributed by atoms with Gasteiger partial charge in [-0.3, -0.25) is 4.90 Å². The maximum atomic E-state index is 5.89. The number of fused-ring (bicyclic) bond motifs is 1. The van der Waals surface area contributed by atoms with Gasteiger partial charge in [-0.2, -0.15) is 0 Å². The van der Waals surface area contributed by atoms with Crippen LogP contribution >= 0.6 is 0 Å². The van der Waals surface area contributed by atoms with Crippen molar-refractivity contribution in [2.24, 2.45) is 5.16 Å². The molecule has 0 saturated carbocycles. The minimum Gasteiger partial charge on any atom is -0.485 e. The number of ether oxygens (including phenoxy) is 2. The molecule has 2 heterocycles. The van der Waals surface area contributed by atoms with Gasteiger partial charge in [-0.1, -0.05) is 23.7 Å². The molecular weight excluding hydrogens is 280 g/mol. The van der Waals surface area contributed by atoms with E-state index in [9.17, 15) is 0 Å². The fourth-order valence-corrected chi connectivity index (χ4v) is 2.78. The zero-order valence-electron chi connectivity index (χ0n) is 13.2. The van der Waals surface area contributed by atoms with Gasteiger partial charge >= 0.3 is 0 Å². The predicted octanol–water partition coefficient (Wildman–Crippen LogP) is 2.70. The molecule has 2 aliphatic heterocycles. The molecule has 1 saturated heterocycles. The minimum atomic E-state index is -0.176. The molecule has 1 fully saturated rings. The van der Waals surface area contributed by atoms with E-state index in [1.54, 1.807) is 0 Å². The topological polar surface area (TPSA) is 43.3 Å². The standard InChI is InChI=1S/C17H24N2O3/c1-14(18-21-12-11-19-9-5-2-6-10-19)17-13-20-15-7-3-4-8-16(15)22-17/h3-4,7-8,17H,2,5-6,9-13H2,1H3. The van der Waals surface area contributed by atoms with E-state index in [1.165, 1.54) is 32.4 Å². The SMILES string of the molecule is CC(=NOCCN1CCCCC1)C1COc2ccccc2O1. The largest absolute Gasteiger partial charge is 0.485 e. The molecule has 5 heteroatoms. The normalized spacial score (nSPS) is 22.4. The molecule has 0 bridgehead atoms. The average Bonchev–Trinajstić information content (AvgIpc) is 2.59. The number of likely N-dealkylation sites (tertiary alicyclic amines) is 1. The number of piperidine rings is 1. The summed E-state index contributed by atoms with van der Waals surface area (Å²) in [5.74, 6) is 1.55. The molecule has 0 aromatic heterocycles. The van der Waals surface area contributed by atoms with Gasteiger partial charge in [-0.15, -0.1) is 0 Å². The predicted molar refractivity (Wildman–Crippen MR) is 85.7 cm³/mol. The van der Waals surface area contributed by atoms with Crippen molar-refractivity contribution < 1.29 is 14.3 Å². The number of hydrogen-bond acceptors (Lipinski definition) is 5. The Morgan fingerprint density at radius 2 is 2.00 bits per heavy atom. The molecule has 0 spiro atoms. The summed E-state index contributed by atoms with van der Waals surface area (Å²) in [6.45, 7) is 6.33. The smallest absolute Gasteiger partial charge is 0.174 e. The fraction of sp³-hybridized carbons (Fsp3) is 0.588. The first-order valence-corrected chi connectivity index (χ1v) is 8.10. The Morgan fingerprint density at radius 3 is 2.82 bits per heavy atom. The van der Waals surface area contributed by atoms with Gasteiger partial charge in [0.2, 0.25) is 0 Å². The van der Waals surface area contributed by atoms with Crippen LogP contribution in [0.2, 0.25) is 0 Å². The van der Waals surface area contributed by atoms with Crippen molar-refractivity contribution in [3.63, 3.8) is 0 Å². The summed E-state index contributed by atoms with van der Waals surface area (Å²) in [7, 11) is 0. The maximum absolute atomic E-state index is 5.89. The van der Waals surface area contributed by atoms with Crippen molar-refractivity contribution in [3.05, 3.63) is 24.3 Å². The molecular formula is C17H24N2O3. The molecule has 5 nitrogen and oxygen atoms in total. The van der Waals surface area contributed by atoms with E-state index in [1.807, 2.05) is 31.2 Å². The van der Waals surface area contributed by atoms with Crippen LogP contribution in [0.5, 0.6) is 11.5 Å². The quantitative estimate of drug-likeness (QED) is 0.476. The van der Waals surface area contributed by atoms with Gasteiger partial charge in [-0.25, -0.2) is 0 Å². The molecule has 120 valence electrons. The van der Waals surface area contributed by atoms with Gasteiger partial charge in [0, 0.05) is 6.54 Å². The second kappa shape index (κ2) is 7.49. The Labute approximate surface area is 131 Å². The zero-order chi connectivity index (χ0) is 15.2. The Bertz CT molecular complexity index is 512. The van der Waals surface area contributed by atoms with Gasteiger partial charge in [0.1, 0.15) is 13.2 Å². The molecule has 0 radical (unpaired) electrons. The van der Waals surface area contributed by atoms with Crippen LogP contribution in [-0.2, 0) is 4.84 Å². The Hall–Kier alpha value is -1.75. The van der Waals surface area contributed by atoms with Gasteiger partial charge in [0.25, 0.3) is 0 Å². The molecule has 1 aromatic rings. The highest BCUT2D eigenvalue weighted by Gasteiger charge is 2.23. The zero-order valence-corrected chi connectivity index (χ0v) is 13.2. The first kappa shape index (κ1) is 15.2. The number of hydrogen-bond donors (Lipinski definition) is 0. The van der Waals surface area contributed by atoms with E-state index in [2.05, 4.69) is 10.1 Å². The van der Waals surface area contributed by atoms with Gasteiger partial charge in [0.05, 0.1) is 5.71 Å². The number of nitrogens with zero attached hydrogens (tertiary/aromatic N) is 2. The van der Waals surface area contributed by atoms with Crippen LogP contribution in [-0.4, -0.2) is 49.6 Å². The molecule has 1 unspecified atom stereocenters. The third kappa shape index (κ3) is 3.91. The van der Waals surface area contributed by atoms with Crippen molar-refractivity contribution in [1.29, 1.82) is 0 Å². The lowest BCUT2D eigenvalue weighted by Gasteiger charge is -2.26. The highest BCUT2D eigenvalue weighted by Crippen LogP contribution is 2.31. The van der Waals surface area contributed by atoms with Gasteiger partial charge in [-0.05, 0) is 45.0 Å². The highest BCUT2D eigenvalue weighted by atomic mass is 16.6. The summed E-state index contributed by atoms with van der Waals surface area (Å²) < 4.78 is 11.6. The van der Waals surface area contributed by atoms with E-state index in [0.717, 1.165) is 23.8 Å². The van der Waals surface area contributed by atoms with Crippen LogP contribution in [0.4, 0.5) is 0 Å². The van der Waals surface area contributed by atoms with E-state index < -0.39 is 0 Å². The van der Waals surface area contributed by atoms with Crippen LogP contribution < -0.4 is 9.47 Å². The van der Waals surface area contributed by atoms with Crippen LogP contribution in [0.25, 0.3) is 0 Å². The van der Waals surface area contributed by atoms with Crippen LogP contribution in [0, 0.1) is 0 Å². The van der Waals surface area contributed by atoms with E-state index in [4.69, 9.17) is 14.3 Å². The minimum absolute atomic E-state index is 0.176. The van der Waals surface area contributed by atoms with Crippen LogP contribution in [0.3, 0.4) is 0 Å². The number of para-hydroxylation sites is 2. The van der Waals surface area contributed by atoms with Crippen molar-refractivity contribution in [3.8, 4) is 11.5 Å². The Kier molecular flexibility index (Phi) is 5.16. The van der Waals surface area contributed by atoms with Crippen LogP contribution in [0.1, 0.15) is 26.2 Å². The lowest BCUT2D eigenvalue weighted by Crippen LogP contribution is -2.35. The van der Waals surface area contributed by atoms with Crippen LogP contribution in [0.15, 0.2) is 29.4 Å². The van der Waals surface area contributed by atoms with Gasteiger partial charge in [0.15, 0.2) is 17.6 Å². The molecule has 0 aliphatic carbocycles. The van der Waals surface area contributed by atoms with Gasteiger partial charge < -0.3 is 14.3 Å². The third-order valence-corrected chi connectivity index (χ3v) is 4.13. The molecule has 1 aromatic carbocycles. The van der Waals surface area contributed by atoms with E-state index in [0.29, 0.717) is 13.2 Å². The third-order valence-electron chi connectivity index (χ3n) is 4.13. The monoisotopic (exact) mass is 304 g/mol. The summed E-state index contributed by atoms with van der Waals surface area (Å²) in [6, 6.07) is 7.69. The van der Waals surface area contributed by atoms with E-state index >= 15 is 0 Å². The second-order valence-corrected chi connectivity index (χ2v) is 5.83. The van der Waals surface area contributed by atoms with Crippen molar-refractivity contribution in [2.45, 2.75) is 32.3 Å². The average molecular weight is 304 g/mol. The summed E-state index contributed by atoms with van der Waals surface area (Å²) in [5.41, 5.74) is 0.813. The number of rotatable bonds is 5. The summed E-state index contributed by atoms with van der Waals surface area (Å²) in [4.78, 5) is 7.89. The molecule has 0 N–H and O–H groups in total. The highest BCUT2D eigenvalue weighted by molar-refractivity contribution is 5.86.